The quantitative estimate of drug-likeness (QED) is 0.760. The Labute approximate surface area is 83.3 Å². The van der Waals surface area contributed by atoms with Crippen molar-refractivity contribution in [1.29, 1.82) is 0 Å². The fourth-order valence-corrected chi connectivity index (χ4v) is 1.88. The molecule has 66 valence electrons. The zero-order valence-corrected chi connectivity index (χ0v) is 8.15. The van der Waals surface area contributed by atoms with Crippen molar-refractivity contribution in [2.24, 2.45) is 10.9 Å². The normalized spacial score (nSPS) is 24.7. The number of carboxylic acids is 1. The first-order chi connectivity index (χ1) is 6.18. The molecule has 13 heavy (non-hydrogen) atoms. The Morgan fingerprint density at radius 1 is 1.54 bits per heavy atom. The zero-order chi connectivity index (χ0) is 9.42. The van der Waals surface area contributed by atoms with Crippen molar-refractivity contribution in [3.8, 4) is 0 Å². The van der Waals surface area contributed by atoms with Gasteiger partial charge in [-0.15, -0.1) is 0 Å². The average Bonchev–Trinajstić information content (AvgIpc) is 2.49. The molecule has 0 bridgehead atoms. The van der Waals surface area contributed by atoms with Gasteiger partial charge in [0.15, 0.2) is 0 Å². The van der Waals surface area contributed by atoms with Gasteiger partial charge in [-0.3, -0.25) is 4.99 Å². The molecule has 2 aliphatic rings. The average molecular weight is 240 g/mol. The van der Waals surface area contributed by atoms with Crippen molar-refractivity contribution in [2.45, 2.75) is 0 Å². The van der Waals surface area contributed by atoms with Crippen molar-refractivity contribution < 1.29 is 9.90 Å². The molecule has 3 nitrogen and oxygen atoms in total. The van der Waals surface area contributed by atoms with Gasteiger partial charge in [0.05, 0.1) is 17.2 Å². The minimum absolute atomic E-state index is 0.168. The summed E-state index contributed by atoms with van der Waals surface area (Å²) in [6, 6.07) is 0. The highest BCUT2D eigenvalue weighted by molar-refractivity contribution is 9.11. The summed E-state index contributed by atoms with van der Waals surface area (Å²) in [4.78, 5) is 14.9. The van der Waals surface area contributed by atoms with Crippen molar-refractivity contribution in [3.63, 3.8) is 0 Å². The molecule has 4 heteroatoms. The van der Waals surface area contributed by atoms with E-state index in [1.54, 1.807) is 18.4 Å². The molecule has 0 aromatic heterocycles. The molecule has 0 saturated carbocycles. The Morgan fingerprint density at radius 3 is 3.00 bits per heavy atom. The fraction of sp³-hybridized carbons (Fsp3) is 0.111. The van der Waals surface area contributed by atoms with E-state index in [-0.39, 0.29) is 5.92 Å². The summed E-state index contributed by atoms with van der Waals surface area (Å²) < 4.78 is 0.753. The van der Waals surface area contributed by atoms with Crippen LogP contribution in [0, 0.1) is 5.92 Å². The Hall–Kier alpha value is -1.16. The van der Waals surface area contributed by atoms with E-state index in [0.717, 1.165) is 10.2 Å². The second-order valence-electron chi connectivity index (χ2n) is 2.81. The van der Waals surface area contributed by atoms with E-state index < -0.39 is 5.97 Å². The SMILES string of the molecule is O=C(O)C1=CC(Br)=CC2=NC=CC12. The van der Waals surface area contributed by atoms with E-state index in [0.29, 0.717) is 5.57 Å². The van der Waals surface area contributed by atoms with Crippen LogP contribution in [0.15, 0.2) is 39.5 Å². The van der Waals surface area contributed by atoms with Crippen molar-refractivity contribution in [1.82, 2.24) is 0 Å². The Kier molecular flexibility index (Phi) is 1.92. The lowest BCUT2D eigenvalue weighted by molar-refractivity contribution is -0.132. The van der Waals surface area contributed by atoms with Gasteiger partial charge in [0.25, 0.3) is 0 Å². The summed E-state index contributed by atoms with van der Waals surface area (Å²) >= 11 is 3.25. The standard InChI is InChI=1S/C9H6BrNO2/c10-5-3-7(9(12)13)6-1-2-11-8(6)4-5/h1-4,6H,(H,12,13). The summed E-state index contributed by atoms with van der Waals surface area (Å²) in [5.74, 6) is -1.06. The molecule has 0 aromatic rings. The molecule has 0 amide bonds. The number of halogens is 1. The summed E-state index contributed by atoms with van der Waals surface area (Å²) in [5, 5.41) is 8.90. The molecule has 0 fully saturated rings. The Bertz CT molecular complexity index is 390. The molecule has 0 spiro atoms. The van der Waals surface area contributed by atoms with Crippen molar-refractivity contribution in [3.05, 3.63) is 34.5 Å². The minimum Gasteiger partial charge on any atom is -0.478 e. The lowest BCUT2D eigenvalue weighted by atomic mass is 9.91. The first-order valence-corrected chi connectivity index (χ1v) is 4.54. The number of carboxylic acid groups (broad SMARTS) is 1. The van der Waals surface area contributed by atoms with Crippen molar-refractivity contribution in [2.75, 3.05) is 0 Å². The highest BCUT2D eigenvalue weighted by Gasteiger charge is 2.27. The van der Waals surface area contributed by atoms with Gasteiger partial charge in [0.2, 0.25) is 0 Å². The number of hydrogen-bond donors (Lipinski definition) is 1. The number of hydrogen-bond acceptors (Lipinski definition) is 2. The monoisotopic (exact) mass is 239 g/mol. The van der Waals surface area contributed by atoms with Crippen LogP contribution in [-0.4, -0.2) is 16.8 Å². The predicted molar refractivity (Wildman–Crippen MR) is 52.8 cm³/mol. The van der Waals surface area contributed by atoms with Crippen LogP contribution in [-0.2, 0) is 4.79 Å². The van der Waals surface area contributed by atoms with Gasteiger partial charge in [-0.1, -0.05) is 22.0 Å². The molecule has 0 radical (unpaired) electrons. The number of nitrogens with zero attached hydrogens (tertiary/aromatic N) is 1. The zero-order valence-electron chi connectivity index (χ0n) is 6.57. The highest BCUT2D eigenvalue weighted by atomic mass is 79.9. The summed E-state index contributed by atoms with van der Waals surface area (Å²) in [5.41, 5.74) is 1.15. The first kappa shape index (κ1) is 8.44. The predicted octanol–water partition coefficient (Wildman–Crippen LogP) is 1.87. The smallest absolute Gasteiger partial charge is 0.332 e. The maximum Gasteiger partial charge on any atom is 0.332 e. The van der Waals surface area contributed by atoms with Gasteiger partial charge in [0.1, 0.15) is 0 Å². The summed E-state index contributed by atoms with van der Waals surface area (Å²) in [6.45, 7) is 0. The molecule has 1 heterocycles. The molecule has 0 saturated heterocycles. The second kappa shape index (κ2) is 2.96. The second-order valence-corrected chi connectivity index (χ2v) is 3.72. The van der Waals surface area contributed by atoms with Gasteiger partial charge in [-0.05, 0) is 12.2 Å². The molecular weight excluding hydrogens is 234 g/mol. The van der Waals surface area contributed by atoms with Gasteiger partial charge < -0.3 is 5.11 Å². The first-order valence-electron chi connectivity index (χ1n) is 3.75. The number of fused-ring (bicyclic) bond motifs is 1. The van der Waals surface area contributed by atoms with E-state index >= 15 is 0 Å². The highest BCUT2D eigenvalue weighted by Crippen LogP contribution is 2.29. The number of aliphatic imine (C=N–C) groups is 1. The maximum absolute atomic E-state index is 10.8. The lowest BCUT2D eigenvalue weighted by Crippen LogP contribution is -2.19. The van der Waals surface area contributed by atoms with Crippen LogP contribution < -0.4 is 0 Å². The van der Waals surface area contributed by atoms with Crippen molar-refractivity contribution >= 4 is 27.6 Å². The topological polar surface area (TPSA) is 49.7 Å². The third kappa shape index (κ3) is 1.37. The third-order valence-corrected chi connectivity index (χ3v) is 2.44. The van der Waals surface area contributed by atoms with E-state index in [9.17, 15) is 4.79 Å². The van der Waals surface area contributed by atoms with Gasteiger partial charge >= 0.3 is 5.97 Å². The van der Waals surface area contributed by atoms with Gasteiger partial charge in [-0.2, -0.15) is 0 Å². The van der Waals surface area contributed by atoms with Crippen LogP contribution in [0.1, 0.15) is 0 Å². The van der Waals surface area contributed by atoms with Crippen LogP contribution in [0.3, 0.4) is 0 Å². The molecule has 1 unspecified atom stereocenters. The third-order valence-electron chi connectivity index (χ3n) is 1.98. The molecule has 1 N–H and O–H groups in total. The summed E-state index contributed by atoms with van der Waals surface area (Å²) in [7, 11) is 0. The number of rotatable bonds is 1. The fourth-order valence-electron chi connectivity index (χ4n) is 1.40. The molecular formula is C9H6BrNO2. The number of allylic oxidation sites excluding steroid dienone is 4. The maximum atomic E-state index is 10.8. The molecule has 1 aliphatic heterocycles. The van der Waals surface area contributed by atoms with E-state index in [1.165, 1.54) is 0 Å². The minimum atomic E-state index is -0.894. The van der Waals surface area contributed by atoms with Crippen LogP contribution in [0.5, 0.6) is 0 Å². The Balaban J connectivity index is 2.47. The number of carbonyl (C=O) groups is 1. The molecule has 1 atom stereocenters. The van der Waals surface area contributed by atoms with Gasteiger partial charge in [-0.25, -0.2) is 4.79 Å². The van der Waals surface area contributed by atoms with Crippen LogP contribution in [0.4, 0.5) is 0 Å². The Morgan fingerprint density at radius 2 is 2.31 bits per heavy atom. The molecule has 1 aliphatic carbocycles. The molecule has 2 rings (SSSR count). The van der Waals surface area contributed by atoms with Crippen LogP contribution >= 0.6 is 15.9 Å². The van der Waals surface area contributed by atoms with E-state index in [2.05, 4.69) is 20.9 Å². The van der Waals surface area contributed by atoms with E-state index in [4.69, 9.17) is 5.11 Å². The largest absolute Gasteiger partial charge is 0.478 e. The van der Waals surface area contributed by atoms with Crippen LogP contribution in [0.2, 0.25) is 0 Å². The lowest BCUT2D eigenvalue weighted by Gasteiger charge is -2.14. The number of aliphatic carboxylic acids is 1. The summed E-state index contributed by atoms with van der Waals surface area (Å²) in [6.07, 6.45) is 6.86. The van der Waals surface area contributed by atoms with Gasteiger partial charge in [0, 0.05) is 10.7 Å². The van der Waals surface area contributed by atoms with Crippen LogP contribution in [0.25, 0.3) is 0 Å². The molecule has 0 aromatic carbocycles. The van der Waals surface area contributed by atoms with E-state index in [1.807, 2.05) is 6.08 Å².